The number of carbonyl (C=O) groups excluding carboxylic acids is 1. The third kappa shape index (κ3) is 10.9. The van der Waals surface area contributed by atoms with Crippen LogP contribution in [0, 0.1) is 11.3 Å². The number of ether oxygens (including phenoxy) is 1. The lowest BCUT2D eigenvalue weighted by Crippen LogP contribution is -2.27. The van der Waals surface area contributed by atoms with E-state index < -0.39 is 18.7 Å². The summed E-state index contributed by atoms with van der Waals surface area (Å²) in [6.07, 6.45) is 5.63. The van der Waals surface area contributed by atoms with Crippen LogP contribution in [0.4, 0.5) is 0 Å². The largest absolute Gasteiger partial charge is 0.459 e. The van der Waals surface area contributed by atoms with Crippen molar-refractivity contribution in [3.05, 3.63) is 11.6 Å². The van der Waals surface area contributed by atoms with Gasteiger partial charge in [0.1, 0.15) is 24.4 Å². The molecule has 6 heteroatoms. The van der Waals surface area contributed by atoms with Crippen LogP contribution in [0.25, 0.3) is 0 Å². The van der Waals surface area contributed by atoms with Crippen LogP contribution in [0.1, 0.15) is 46.0 Å². The van der Waals surface area contributed by atoms with Gasteiger partial charge in [0.25, 0.3) is 0 Å². The summed E-state index contributed by atoms with van der Waals surface area (Å²) in [5.74, 6) is -0.756. The van der Waals surface area contributed by atoms with Crippen molar-refractivity contribution in [2.75, 3.05) is 32.8 Å². The zero-order chi connectivity index (χ0) is 17.5. The van der Waals surface area contributed by atoms with Crippen LogP contribution in [-0.2, 0) is 9.53 Å². The molecule has 0 fully saturated rings. The maximum Gasteiger partial charge on any atom is 0.348 e. The summed E-state index contributed by atoms with van der Waals surface area (Å²) in [6.45, 7) is 6.37. The van der Waals surface area contributed by atoms with Crippen molar-refractivity contribution in [2.45, 2.75) is 52.1 Å². The minimum Gasteiger partial charge on any atom is -0.459 e. The molecule has 1 atom stereocenters. The number of nitrogens with zero attached hydrogens (tertiary/aromatic N) is 2. The van der Waals surface area contributed by atoms with Crippen LogP contribution in [0.15, 0.2) is 11.6 Å². The molecule has 0 aliphatic carbocycles. The fourth-order valence-corrected chi connectivity index (χ4v) is 1.97. The molecule has 0 saturated carbocycles. The molecule has 6 nitrogen and oxygen atoms in total. The lowest BCUT2D eigenvalue weighted by molar-refractivity contribution is -0.142. The van der Waals surface area contributed by atoms with Gasteiger partial charge in [-0.3, -0.25) is 0 Å². The van der Waals surface area contributed by atoms with Crippen molar-refractivity contribution in [1.82, 2.24) is 4.90 Å². The van der Waals surface area contributed by atoms with E-state index in [1.165, 1.54) is 0 Å². The number of nitriles is 1. The molecule has 0 aliphatic heterocycles. The number of hydrogen-bond donors (Lipinski definition) is 2. The monoisotopic (exact) mass is 326 g/mol. The molecule has 0 aliphatic rings. The first-order valence-electron chi connectivity index (χ1n) is 8.37. The highest BCUT2D eigenvalue weighted by Gasteiger charge is 2.13. The SMILES string of the molecule is CCCCN(CC/C=C(\C#N)C(=O)OCC(O)CO)CCCC. The summed E-state index contributed by atoms with van der Waals surface area (Å²) in [7, 11) is 0. The van der Waals surface area contributed by atoms with Crippen LogP contribution in [0.3, 0.4) is 0 Å². The Hall–Kier alpha value is -1.42. The van der Waals surface area contributed by atoms with Gasteiger partial charge in [-0.2, -0.15) is 5.26 Å². The second kappa shape index (κ2) is 14.2. The molecule has 2 N–H and O–H groups in total. The molecule has 0 aromatic rings. The Labute approximate surface area is 139 Å². The number of carbonyl (C=O) groups is 1. The van der Waals surface area contributed by atoms with Gasteiger partial charge in [0.2, 0.25) is 0 Å². The van der Waals surface area contributed by atoms with E-state index in [0.29, 0.717) is 6.42 Å². The highest BCUT2D eigenvalue weighted by Crippen LogP contribution is 2.04. The van der Waals surface area contributed by atoms with E-state index >= 15 is 0 Å². The predicted octanol–water partition coefficient (Wildman–Crippen LogP) is 1.63. The molecule has 0 bridgehead atoms. The average molecular weight is 326 g/mol. The molecule has 0 radical (unpaired) electrons. The minimum absolute atomic E-state index is 0.0546. The quantitative estimate of drug-likeness (QED) is 0.303. The highest BCUT2D eigenvalue weighted by atomic mass is 16.5. The number of aliphatic hydroxyl groups is 2. The second-order valence-corrected chi connectivity index (χ2v) is 5.50. The molecule has 0 rings (SSSR count). The number of hydrogen-bond acceptors (Lipinski definition) is 6. The van der Waals surface area contributed by atoms with Crippen molar-refractivity contribution in [3.8, 4) is 6.07 Å². The molecule has 1 unspecified atom stereocenters. The van der Waals surface area contributed by atoms with Gasteiger partial charge < -0.3 is 19.8 Å². The summed E-state index contributed by atoms with van der Waals surface area (Å²) in [5.41, 5.74) is -0.0546. The van der Waals surface area contributed by atoms with Gasteiger partial charge in [-0.25, -0.2) is 4.79 Å². The van der Waals surface area contributed by atoms with Crippen molar-refractivity contribution in [1.29, 1.82) is 5.26 Å². The summed E-state index contributed by atoms with van der Waals surface area (Å²) < 4.78 is 4.78. The molecule has 0 spiro atoms. The van der Waals surface area contributed by atoms with E-state index in [1.54, 1.807) is 6.08 Å². The average Bonchev–Trinajstić information content (AvgIpc) is 2.57. The van der Waals surface area contributed by atoms with E-state index in [0.717, 1.165) is 45.3 Å². The maximum atomic E-state index is 11.7. The number of rotatable bonds is 13. The van der Waals surface area contributed by atoms with E-state index in [2.05, 4.69) is 18.7 Å². The fraction of sp³-hybridized carbons (Fsp3) is 0.765. The molecule has 23 heavy (non-hydrogen) atoms. The van der Waals surface area contributed by atoms with Crippen LogP contribution < -0.4 is 0 Å². The maximum absolute atomic E-state index is 11.7. The van der Waals surface area contributed by atoms with E-state index in [1.807, 2.05) is 6.07 Å². The molecule has 0 heterocycles. The number of unbranched alkanes of at least 4 members (excludes halogenated alkanes) is 2. The minimum atomic E-state index is -1.11. The summed E-state index contributed by atoms with van der Waals surface area (Å²) >= 11 is 0. The van der Waals surface area contributed by atoms with E-state index in [4.69, 9.17) is 20.2 Å². The van der Waals surface area contributed by atoms with Crippen molar-refractivity contribution >= 4 is 5.97 Å². The molecule has 0 amide bonds. The van der Waals surface area contributed by atoms with Gasteiger partial charge in [-0.05, 0) is 32.4 Å². The Morgan fingerprint density at radius 1 is 1.26 bits per heavy atom. The standard InChI is InChI=1S/C17H30N2O4/c1-3-5-9-19(10-6-4-2)11-7-8-15(12-18)17(22)23-14-16(21)13-20/h8,16,20-21H,3-7,9-11,13-14H2,1-2H3/b15-8+. The number of esters is 1. The Kier molecular flexibility index (Phi) is 13.3. The van der Waals surface area contributed by atoms with E-state index in [9.17, 15) is 4.79 Å². The molecule has 0 aromatic carbocycles. The number of aliphatic hydroxyl groups excluding tert-OH is 2. The lowest BCUT2D eigenvalue weighted by Gasteiger charge is -2.21. The zero-order valence-electron chi connectivity index (χ0n) is 14.3. The van der Waals surface area contributed by atoms with E-state index in [-0.39, 0.29) is 12.2 Å². The topological polar surface area (TPSA) is 93.8 Å². The highest BCUT2D eigenvalue weighted by molar-refractivity contribution is 5.92. The predicted molar refractivity (Wildman–Crippen MR) is 88.6 cm³/mol. The second-order valence-electron chi connectivity index (χ2n) is 5.50. The Balaban J connectivity index is 4.37. The third-order valence-corrected chi connectivity index (χ3v) is 3.41. The van der Waals surface area contributed by atoms with Gasteiger partial charge in [-0.15, -0.1) is 0 Å². The summed E-state index contributed by atoms with van der Waals surface area (Å²) in [4.78, 5) is 14.0. The molecular formula is C17H30N2O4. The molecular weight excluding hydrogens is 296 g/mol. The van der Waals surface area contributed by atoms with Gasteiger partial charge >= 0.3 is 5.97 Å². The van der Waals surface area contributed by atoms with Crippen LogP contribution in [-0.4, -0.2) is 60.0 Å². The fourth-order valence-electron chi connectivity index (χ4n) is 1.97. The van der Waals surface area contributed by atoms with Gasteiger partial charge in [0.05, 0.1) is 6.61 Å². The van der Waals surface area contributed by atoms with Crippen molar-refractivity contribution in [3.63, 3.8) is 0 Å². The van der Waals surface area contributed by atoms with Gasteiger partial charge in [-0.1, -0.05) is 32.8 Å². The smallest absolute Gasteiger partial charge is 0.348 e. The third-order valence-electron chi connectivity index (χ3n) is 3.41. The first-order valence-corrected chi connectivity index (χ1v) is 8.37. The zero-order valence-corrected chi connectivity index (χ0v) is 14.3. The van der Waals surface area contributed by atoms with Gasteiger partial charge in [0, 0.05) is 6.54 Å². The summed E-state index contributed by atoms with van der Waals surface area (Å²) in [6, 6.07) is 1.83. The lowest BCUT2D eigenvalue weighted by atomic mass is 10.2. The molecule has 132 valence electrons. The first-order chi connectivity index (χ1) is 11.1. The van der Waals surface area contributed by atoms with Crippen LogP contribution in [0.5, 0.6) is 0 Å². The molecule has 0 saturated heterocycles. The van der Waals surface area contributed by atoms with Crippen LogP contribution in [0.2, 0.25) is 0 Å². The Morgan fingerprint density at radius 2 is 1.87 bits per heavy atom. The van der Waals surface area contributed by atoms with Crippen molar-refractivity contribution in [2.24, 2.45) is 0 Å². The molecule has 0 aromatic heterocycles. The normalized spacial score (nSPS) is 13.0. The van der Waals surface area contributed by atoms with Crippen LogP contribution >= 0.6 is 0 Å². The first kappa shape index (κ1) is 21.6. The van der Waals surface area contributed by atoms with Crippen molar-refractivity contribution < 1.29 is 19.7 Å². The van der Waals surface area contributed by atoms with Gasteiger partial charge in [0.15, 0.2) is 0 Å². The summed E-state index contributed by atoms with van der Waals surface area (Å²) in [5, 5.41) is 26.8. The Bertz CT molecular complexity index is 383. The Morgan fingerprint density at radius 3 is 2.35 bits per heavy atom.